The van der Waals surface area contributed by atoms with Crippen molar-refractivity contribution in [1.82, 2.24) is 0 Å². The van der Waals surface area contributed by atoms with Crippen LogP contribution >= 0.6 is 0 Å². The van der Waals surface area contributed by atoms with Crippen LogP contribution in [0.3, 0.4) is 0 Å². The minimum atomic E-state index is -4.66. The van der Waals surface area contributed by atoms with Gasteiger partial charge in [0.1, 0.15) is 0 Å². The smallest absolute Gasteiger partial charge is 0.242 e. The summed E-state index contributed by atoms with van der Waals surface area (Å²) < 4.78 is 47.2. The molecule has 0 heterocycles. The minimum Gasteiger partial charge on any atom is -0.242 e. The highest BCUT2D eigenvalue weighted by atomic mass is 28.3. The predicted molar refractivity (Wildman–Crippen MR) is 34.3 cm³/mol. The molecule has 0 aliphatic rings. The van der Waals surface area contributed by atoms with Crippen LogP contribution in [-0.4, -0.2) is 20.0 Å². The van der Waals surface area contributed by atoms with Gasteiger partial charge in [-0.15, -0.1) is 0 Å². The fourth-order valence-corrected chi connectivity index (χ4v) is 1.47. The van der Waals surface area contributed by atoms with Crippen molar-refractivity contribution in [3.8, 4) is 0 Å². The molecule has 0 aromatic rings. The molecule has 0 aliphatic heterocycles. The molecule has 0 aromatic carbocycles. The Kier molecular flexibility index (Phi) is 2.51. The molecular formula is C5H10F4Si. The number of hydrogen-bond donors (Lipinski definition) is 0. The molecule has 0 saturated carbocycles. The first kappa shape index (κ1) is 9.94. The van der Waals surface area contributed by atoms with Gasteiger partial charge in [-0.1, -0.05) is 19.6 Å². The Morgan fingerprint density at radius 3 is 1.40 bits per heavy atom. The van der Waals surface area contributed by atoms with Crippen molar-refractivity contribution >= 4 is 8.07 Å². The van der Waals surface area contributed by atoms with Crippen LogP contribution in [0.2, 0.25) is 19.6 Å². The zero-order valence-corrected chi connectivity index (χ0v) is 7.09. The Labute approximate surface area is 58.2 Å². The lowest BCUT2D eigenvalue weighted by Crippen LogP contribution is -2.45. The zero-order valence-electron chi connectivity index (χ0n) is 6.09. The van der Waals surface area contributed by atoms with Gasteiger partial charge in [0.15, 0.2) is 5.79 Å². The number of alkyl halides is 4. The van der Waals surface area contributed by atoms with E-state index in [1.165, 1.54) is 19.6 Å². The summed E-state index contributed by atoms with van der Waals surface area (Å²) in [7, 11) is -2.69. The summed E-state index contributed by atoms with van der Waals surface area (Å²) in [5.74, 6) is -2.60. The highest BCUT2D eigenvalue weighted by Gasteiger charge is 2.48. The fourth-order valence-electron chi connectivity index (χ4n) is 0.491. The van der Waals surface area contributed by atoms with Crippen LogP contribution in [0.1, 0.15) is 0 Å². The van der Waals surface area contributed by atoms with Crippen LogP contribution in [-0.2, 0) is 0 Å². The minimum absolute atomic E-state index is 1.35. The van der Waals surface area contributed by atoms with Crippen molar-refractivity contribution < 1.29 is 17.6 Å². The van der Waals surface area contributed by atoms with E-state index in [1.54, 1.807) is 0 Å². The first-order chi connectivity index (χ1) is 4.15. The average molecular weight is 174 g/mol. The Bertz CT molecular complexity index is 97.8. The van der Waals surface area contributed by atoms with Gasteiger partial charge in [-0.05, 0) is 0 Å². The molecule has 0 fully saturated rings. The fraction of sp³-hybridized carbons (Fsp3) is 1.00. The number of halogens is 4. The van der Waals surface area contributed by atoms with Gasteiger partial charge < -0.3 is 0 Å². The molecule has 0 nitrogen and oxygen atoms in total. The summed E-state index contributed by atoms with van der Waals surface area (Å²) >= 11 is 0. The Morgan fingerprint density at radius 1 is 1.10 bits per heavy atom. The third-order valence-electron chi connectivity index (χ3n) is 1.05. The topological polar surface area (TPSA) is 0 Å². The van der Waals surface area contributed by atoms with E-state index in [0.717, 1.165) is 0 Å². The molecule has 1 unspecified atom stereocenters. The first-order valence-corrected chi connectivity index (χ1v) is 6.44. The van der Waals surface area contributed by atoms with Gasteiger partial charge in [-0.3, -0.25) is 0 Å². The third kappa shape index (κ3) is 2.68. The summed E-state index contributed by atoms with van der Waals surface area (Å²) in [6.07, 6.45) is -4.66. The molecule has 0 amide bonds. The molecule has 0 radical (unpaired) electrons. The first-order valence-electron chi connectivity index (χ1n) is 2.86. The summed E-state index contributed by atoms with van der Waals surface area (Å²) in [4.78, 5) is 0. The maximum absolute atomic E-state index is 12.4. The SMILES string of the molecule is C[Si](C)(C)C(F)C(F)(F)F. The van der Waals surface area contributed by atoms with E-state index in [2.05, 4.69) is 0 Å². The lowest BCUT2D eigenvalue weighted by atomic mass is 10.7. The monoisotopic (exact) mass is 174 g/mol. The molecular weight excluding hydrogens is 164 g/mol. The highest BCUT2D eigenvalue weighted by Crippen LogP contribution is 2.29. The van der Waals surface area contributed by atoms with E-state index < -0.39 is 20.0 Å². The molecule has 0 spiro atoms. The van der Waals surface area contributed by atoms with Crippen LogP contribution in [0.25, 0.3) is 0 Å². The molecule has 0 saturated heterocycles. The predicted octanol–water partition coefficient (Wildman–Crippen LogP) is 2.76. The van der Waals surface area contributed by atoms with E-state index >= 15 is 0 Å². The number of hydrogen-bond acceptors (Lipinski definition) is 0. The Hall–Kier alpha value is -0.0631. The summed E-state index contributed by atoms with van der Waals surface area (Å²) in [6.45, 7) is 4.06. The van der Waals surface area contributed by atoms with Crippen molar-refractivity contribution in [2.75, 3.05) is 0 Å². The maximum atomic E-state index is 12.4. The van der Waals surface area contributed by atoms with Gasteiger partial charge in [0, 0.05) is 0 Å². The van der Waals surface area contributed by atoms with Crippen molar-refractivity contribution in [3.05, 3.63) is 0 Å². The van der Waals surface area contributed by atoms with E-state index in [9.17, 15) is 17.6 Å². The second-order valence-electron chi connectivity index (χ2n) is 3.27. The van der Waals surface area contributed by atoms with Gasteiger partial charge in [-0.2, -0.15) is 13.2 Å². The van der Waals surface area contributed by atoms with Crippen LogP contribution < -0.4 is 0 Å². The molecule has 1 atom stereocenters. The van der Waals surface area contributed by atoms with Crippen molar-refractivity contribution in [2.24, 2.45) is 0 Å². The van der Waals surface area contributed by atoms with Crippen LogP contribution in [0.4, 0.5) is 17.6 Å². The van der Waals surface area contributed by atoms with E-state index in [4.69, 9.17) is 0 Å². The Morgan fingerprint density at radius 2 is 1.40 bits per heavy atom. The lowest BCUT2D eigenvalue weighted by Gasteiger charge is -2.23. The number of rotatable bonds is 1. The standard InChI is InChI=1S/C5H10F4Si/c1-10(2,3)4(6)5(7,8)9/h4H,1-3H3. The quantitative estimate of drug-likeness (QED) is 0.423. The van der Waals surface area contributed by atoms with E-state index in [-0.39, 0.29) is 0 Å². The van der Waals surface area contributed by atoms with Crippen molar-refractivity contribution in [2.45, 2.75) is 31.6 Å². The van der Waals surface area contributed by atoms with Gasteiger partial charge in [0.05, 0.1) is 8.07 Å². The summed E-state index contributed by atoms with van der Waals surface area (Å²) in [6, 6.07) is 0. The molecule has 10 heavy (non-hydrogen) atoms. The molecule has 0 bridgehead atoms. The van der Waals surface area contributed by atoms with Crippen LogP contribution in [0, 0.1) is 0 Å². The van der Waals surface area contributed by atoms with Crippen LogP contribution in [0.5, 0.6) is 0 Å². The molecule has 0 aliphatic carbocycles. The normalized spacial score (nSPS) is 17.1. The summed E-state index contributed by atoms with van der Waals surface area (Å²) in [5, 5.41) is 0. The second-order valence-corrected chi connectivity index (χ2v) is 8.51. The molecule has 0 N–H and O–H groups in total. The average Bonchev–Trinajstić information content (AvgIpc) is 1.59. The van der Waals surface area contributed by atoms with Gasteiger partial charge in [-0.25, -0.2) is 4.39 Å². The summed E-state index contributed by atoms with van der Waals surface area (Å²) in [5.41, 5.74) is 0. The lowest BCUT2D eigenvalue weighted by molar-refractivity contribution is -0.159. The van der Waals surface area contributed by atoms with Crippen molar-refractivity contribution in [1.29, 1.82) is 0 Å². The third-order valence-corrected chi connectivity index (χ3v) is 2.90. The second kappa shape index (κ2) is 2.52. The zero-order chi connectivity index (χ0) is 8.58. The molecule has 0 rings (SSSR count). The largest absolute Gasteiger partial charge is 0.416 e. The van der Waals surface area contributed by atoms with Crippen LogP contribution in [0.15, 0.2) is 0 Å². The van der Waals surface area contributed by atoms with Gasteiger partial charge in [0.2, 0.25) is 0 Å². The van der Waals surface area contributed by atoms with Gasteiger partial charge >= 0.3 is 6.18 Å². The molecule has 62 valence electrons. The highest BCUT2D eigenvalue weighted by molar-refractivity contribution is 6.77. The van der Waals surface area contributed by atoms with Gasteiger partial charge in [0.25, 0.3) is 0 Å². The molecule has 5 heteroatoms. The Balaban J connectivity index is 4.23. The van der Waals surface area contributed by atoms with E-state index in [0.29, 0.717) is 0 Å². The van der Waals surface area contributed by atoms with E-state index in [1.807, 2.05) is 0 Å². The molecule has 0 aromatic heterocycles. The van der Waals surface area contributed by atoms with Crippen molar-refractivity contribution in [3.63, 3.8) is 0 Å². The maximum Gasteiger partial charge on any atom is 0.416 e.